The van der Waals surface area contributed by atoms with E-state index < -0.39 is 4.92 Å². The van der Waals surface area contributed by atoms with Crippen LogP contribution in [0.2, 0.25) is 5.02 Å². The van der Waals surface area contributed by atoms with Gasteiger partial charge in [0.15, 0.2) is 0 Å². The summed E-state index contributed by atoms with van der Waals surface area (Å²) in [6.45, 7) is 1.77. The van der Waals surface area contributed by atoms with Gasteiger partial charge in [0.05, 0.1) is 17.2 Å². The van der Waals surface area contributed by atoms with Crippen LogP contribution in [0.1, 0.15) is 5.56 Å². The molecule has 1 aromatic carbocycles. The Hall–Kier alpha value is -2.41. The first-order chi connectivity index (χ1) is 9.51. The van der Waals surface area contributed by atoms with Gasteiger partial charge in [-0.1, -0.05) is 11.6 Å². The lowest BCUT2D eigenvalue weighted by molar-refractivity contribution is -0.384. The summed E-state index contributed by atoms with van der Waals surface area (Å²) in [6.07, 6.45) is 1.39. The van der Waals surface area contributed by atoms with E-state index in [1.165, 1.54) is 18.3 Å². The second kappa shape index (κ2) is 5.70. The lowest BCUT2D eigenvalue weighted by Crippen LogP contribution is -1.99. The summed E-state index contributed by atoms with van der Waals surface area (Å²) in [6, 6.07) is 4.33. The molecular formula is C12H11ClN4O3. The predicted molar refractivity (Wildman–Crippen MR) is 74.5 cm³/mol. The van der Waals surface area contributed by atoms with Crippen LogP contribution >= 0.6 is 11.6 Å². The summed E-state index contributed by atoms with van der Waals surface area (Å²) in [5.41, 5.74) is 0.668. The molecule has 0 aliphatic rings. The molecule has 104 valence electrons. The highest BCUT2D eigenvalue weighted by molar-refractivity contribution is 6.31. The molecule has 0 aliphatic heterocycles. The maximum Gasteiger partial charge on any atom is 0.273 e. The Labute approximate surface area is 119 Å². The van der Waals surface area contributed by atoms with Crippen LogP contribution in [0.3, 0.4) is 0 Å². The van der Waals surface area contributed by atoms with Crippen molar-refractivity contribution in [3.63, 3.8) is 0 Å². The van der Waals surface area contributed by atoms with Crippen LogP contribution < -0.4 is 10.1 Å². The van der Waals surface area contributed by atoms with Crippen molar-refractivity contribution in [3.8, 4) is 11.6 Å². The number of non-ortho nitro benzene ring substituents is 1. The summed E-state index contributed by atoms with van der Waals surface area (Å²) in [7, 11) is 1.66. The summed E-state index contributed by atoms with van der Waals surface area (Å²) in [5, 5.41) is 13.7. The van der Waals surface area contributed by atoms with Crippen LogP contribution in [-0.2, 0) is 0 Å². The number of anilines is 1. The van der Waals surface area contributed by atoms with E-state index in [2.05, 4.69) is 15.3 Å². The Morgan fingerprint density at radius 3 is 2.85 bits per heavy atom. The Morgan fingerprint density at radius 2 is 2.20 bits per heavy atom. The standard InChI is InChI=1S/C12H11ClN4O3/c1-7-3-4-8(17(18)19)5-10(7)20-11-9(13)6-15-12(14-2)16-11/h3-6H,1-2H3,(H,14,15,16). The molecule has 0 unspecified atom stereocenters. The van der Waals surface area contributed by atoms with Gasteiger partial charge in [-0.2, -0.15) is 4.98 Å². The van der Waals surface area contributed by atoms with E-state index in [0.717, 1.165) is 5.56 Å². The molecule has 1 heterocycles. The van der Waals surface area contributed by atoms with Gasteiger partial charge >= 0.3 is 0 Å². The molecular weight excluding hydrogens is 284 g/mol. The number of aromatic nitrogens is 2. The van der Waals surface area contributed by atoms with Crippen molar-refractivity contribution in [1.82, 2.24) is 9.97 Å². The maximum atomic E-state index is 10.8. The van der Waals surface area contributed by atoms with Crippen molar-refractivity contribution >= 4 is 23.2 Å². The van der Waals surface area contributed by atoms with Gasteiger partial charge in [-0.15, -0.1) is 0 Å². The molecule has 2 rings (SSSR count). The first-order valence-corrected chi connectivity index (χ1v) is 6.02. The number of nitrogens with zero attached hydrogens (tertiary/aromatic N) is 3. The maximum absolute atomic E-state index is 10.8. The molecule has 1 aromatic heterocycles. The number of nitro groups is 1. The number of rotatable bonds is 4. The van der Waals surface area contributed by atoms with E-state index in [1.54, 1.807) is 20.0 Å². The van der Waals surface area contributed by atoms with Crippen LogP contribution in [-0.4, -0.2) is 21.9 Å². The van der Waals surface area contributed by atoms with Gasteiger partial charge in [0.2, 0.25) is 11.8 Å². The molecule has 0 radical (unpaired) electrons. The van der Waals surface area contributed by atoms with Crippen molar-refractivity contribution in [1.29, 1.82) is 0 Å². The molecule has 0 aliphatic carbocycles. The first-order valence-electron chi connectivity index (χ1n) is 5.64. The fourth-order valence-electron chi connectivity index (χ4n) is 1.46. The second-order valence-electron chi connectivity index (χ2n) is 3.91. The fourth-order valence-corrected chi connectivity index (χ4v) is 1.59. The van der Waals surface area contributed by atoms with Gasteiger partial charge in [-0.3, -0.25) is 10.1 Å². The second-order valence-corrected chi connectivity index (χ2v) is 4.31. The largest absolute Gasteiger partial charge is 0.437 e. The fraction of sp³-hybridized carbons (Fsp3) is 0.167. The zero-order valence-electron chi connectivity index (χ0n) is 10.8. The number of aryl methyl sites for hydroxylation is 1. The molecule has 0 atom stereocenters. The van der Waals surface area contributed by atoms with Crippen molar-refractivity contribution < 1.29 is 9.66 Å². The number of benzene rings is 1. The number of halogens is 1. The lowest BCUT2D eigenvalue weighted by atomic mass is 10.2. The van der Waals surface area contributed by atoms with Crippen molar-refractivity contribution in [3.05, 3.63) is 45.1 Å². The van der Waals surface area contributed by atoms with Gasteiger partial charge in [0.1, 0.15) is 10.8 Å². The Bertz CT molecular complexity index is 663. The molecule has 0 amide bonds. The molecule has 0 saturated heterocycles. The zero-order valence-corrected chi connectivity index (χ0v) is 11.5. The van der Waals surface area contributed by atoms with Gasteiger partial charge in [0, 0.05) is 13.1 Å². The van der Waals surface area contributed by atoms with E-state index in [9.17, 15) is 10.1 Å². The minimum Gasteiger partial charge on any atom is -0.437 e. The molecule has 0 bridgehead atoms. The number of nitro benzene ring substituents is 1. The smallest absolute Gasteiger partial charge is 0.273 e. The molecule has 0 fully saturated rings. The van der Waals surface area contributed by atoms with E-state index >= 15 is 0 Å². The molecule has 2 aromatic rings. The molecule has 8 heteroatoms. The minimum absolute atomic E-state index is 0.0652. The minimum atomic E-state index is -0.493. The van der Waals surface area contributed by atoms with Crippen molar-refractivity contribution in [2.75, 3.05) is 12.4 Å². The number of nitrogens with one attached hydrogen (secondary N) is 1. The van der Waals surface area contributed by atoms with Crippen molar-refractivity contribution in [2.45, 2.75) is 6.92 Å². The highest BCUT2D eigenvalue weighted by Crippen LogP contribution is 2.31. The highest BCUT2D eigenvalue weighted by Gasteiger charge is 2.13. The Kier molecular flexibility index (Phi) is 3.99. The Morgan fingerprint density at radius 1 is 1.45 bits per heavy atom. The summed E-state index contributed by atoms with van der Waals surface area (Å²) < 4.78 is 5.55. The third-order valence-electron chi connectivity index (χ3n) is 2.52. The molecule has 0 spiro atoms. The molecule has 20 heavy (non-hydrogen) atoms. The average Bonchev–Trinajstić information content (AvgIpc) is 2.43. The quantitative estimate of drug-likeness (QED) is 0.688. The normalized spacial score (nSPS) is 10.2. The average molecular weight is 295 g/mol. The summed E-state index contributed by atoms with van der Waals surface area (Å²) >= 11 is 5.95. The third kappa shape index (κ3) is 2.94. The van der Waals surface area contributed by atoms with Crippen LogP contribution in [0.5, 0.6) is 11.6 Å². The van der Waals surface area contributed by atoms with Gasteiger partial charge in [-0.25, -0.2) is 4.98 Å². The highest BCUT2D eigenvalue weighted by atomic mass is 35.5. The SMILES string of the molecule is CNc1ncc(Cl)c(Oc2cc([N+](=O)[O-])ccc2C)n1. The van der Waals surface area contributed by atoms with E-state index in [0.29, 0.717) is 11.7 Å². The number of hydrogen-bond donors (Lipinski definition) is 1. The molecule has 1 N–H and O–H groups in total. The van der Waals surface area contributed by atoms with Crippen LogP contribution in [0.25, 0.3) is 0 Å². The Balaban J connectivity index is 2.38. The van der Waals surface area contributed by atoms with Gasteiger partial charge < -0.3 is 10.1 Å². The first kappa shape index (κ1) is 14.0. The topological polar surface area (TPSA) is 90.2 Å². The van der Waals surface area contributed by atoms with E-state index in [4.69, 9.17) is 16.3 Å². The summed E-state index contributed by atoms with van der Waals surface area (Å²) in [5.74, 6) is 0.795. The molecule has 0 saturated carbocycles. The van der Waals surface area contributed by atoms with Crippen LogP contribution in [0.15, 0.2) is 24.4 Å². The van der Waals surface area contributed by atoms with Crippen LogP contribution in [0, 0.1) is 17.0 Å². The summed E-state index contributed by atoms with van der Waals surface area (Å²) in [4.78, 5) is 18.3. The van der Waals surface area contributed by atoms with Crippen molar-refractivity contribution in [2.24, 2.45) is 0 Å². The lowest BCUT2D eigenvalue weighted by Gasteiger charge is -2.09. The van der Waals surface area contributed by atoms with E-state index in [1.807, 2.05) is 0 Å². The van der Waals surface area contributed by atoms with Crippen LogP contribution in [0.4, 0.5) is 11.6 Å². The van der Waals surface area contributed by atoms with Gasteiger partial charge in [0.25, 0.3) is 5.69 Å². The third-order valence-corrected chi connectivity index (χ3v) is 2.78. The zero-order chi connectivity index (χ0) is 14.7. The molecule has 7 nitrogen and oxygen atoms in total. The van der Waals surface area contributed by atoms with E-state index in [-0.39, 0.29) is 16.6 Å². The number of ether oxygens (including phenoxy) is 1. The predicted octanol–water partition coefficient (Wildman–Crippen LogP) is 3.18. The monoisotopic (exact) mass is 294 g/mol. The number of hydrogen-bond acceptors (Lipinski definition) is 6. The van der Waals surface area contributed by atoms with Gasteiger partial charge in [-0.05, 0) is 18.6 Å².